The summed E-state index contributed by atoms with van der Waals surface area (Å²) in [5, 5.41) is 2.12. The second kappa shape index (κ2) is 6.92. The molecule has 0 bridgehead atoms. The van der Waals surface area contributed by atoms with E-state index in [0.717, 1.165) is 55.8 Å². The van der Waals surface area contributed by atoms with Crippen molar-refractivity contribution in [3.63, 3.8) is 0 Å². The third kappa shape index (κ3) is 2.74. The Hall–Kier alpha value is -4.25. The molecule has 3 aromatic carbocycles. The number of aromatic nitrogens is 4. The molecule has 6 rings (SSSR count). The summed E-state index contributed by atoms with van der Waals surface area (Å²) < 4.78 is 7.68. The predicted octanol–water partition coefficient (Wildman–Crippen LogP) is 5.80. The highest BCUT2D eigenvalue weighted by Crippen LogP contribution is 2.33. The molecular weight excluding hydrogens is 384 g/mol. The fourth-order valence-corrected chi connectivity index (χ4v) is 4.09. The largest absolute Gasteiger partial charge is 0.494 e. The first kappa shape index (κ1) is 17.6. The van der Waals surface area contributed by atoms with Crippen molar-refractivity contribution in [1.29, 1.82) is 0 Å². The van der Waals surface area contributed by atoms with E-state index >= 15 is 0 Å². The average molecular weight is 402 g/mol. The van der Waals surface area contributed by atoms with Gasteiger partial charge in [0.1, 0.15) is 22.9 Å². The molecule has 3 aromatic heterocycles. The van der Waals surface area contributed by atoms with Gasteiger partial charge >= 0.3 is 0 Å². The highest BCUT2D eigenvalue weighted by atomic mass is 16.5. The molecule has 0 unspecified atom stereocenters. The molecule has 0 saturated carbocycles. The Bertz CT molecular complexity index is 1570. The highest BCUT2D eigenvalue weighted by Gasteiger charge is 2.18. The van der Waals surface area contributed by atoms with Gasteiger partial charge in [-0.2, -0.15) is 0 Å². The molecule has 0 spiro atoms. The molecule has 5 nitrogen and oxygen atoms in total. The zero-order valence-electron chi connectivity index (χ0n) is 16.9. The van der Waals surface area contributed by atoms with E-state index in [1.807, 2.05) is 54.7 Å². The third-order valence-electron chi connectivity index (χ3n) is 5.55. The predicted molar refractivity (Wildman–Crippen MR) is 124 cm³/mol. The minimum atomic E-state index is 0.737. The molecule has 0 fully saturated rings. The zero-order valence-corrected chi connectivity index (χ0v) is 16.9. The maximum atomic E-state index is 5.59. The second-order valence-corrected chi connectivity index (χ2v) is 7.35. The van der Waals surface area contributed by atoms with Crippen LogP contribution in [0.4, 0.5) is 0 Å². The van der Waals surface area contributed by atoms with Crippen LogP contribution in [0, 0.1) is 0 Å². The van der Waals surface area contributed by atoms with Gasteiger partial charge in [-0.1, -0.05) is 54.6 Å². The summed E-state index contributed by atoms with van der Waals surface area (Å²) in [5.74, 6) is 2.35. The zero-order chi connectivity index (χ0) is 20.8. The number of rotatable bonds is 3. The van der Waals surface area contributed by atoms with Crippen LogP contribution in [0.1, 0.15) is 0 Å². The third-order valence-corrected chi connectivity index (χ3v) is 5.55. The Kier molecular flexibility index (Phi) is 3.93. The number of hydrogen-bond donors (Lipinski definition) is 0. The first-order chi connectivity index (χ1) is 15.3. The van der Waals surface area contributed by atoms with Crippen molar-refractivity contribution in [2.75, 3.05) is 7.11 Å². The van der Waals surface area contributed by atoms with Gasteiger partial charge in [0.05, 0.1) is 23.7 Å². The fraction of sp³-hybridized carbons (Fsp3) is 0.0385. The number of ether oxygens (including phenoxy) is 1. The van der Waals surface area contributed by atoms with Crippen molar-refractivity contribution < 1.29 is 4.74 Å². The highest BCUT2D eigenvalue weighted by molar-refractivity contribution is 6.03. The van der Waals surface area contributed by atoms with E-state index in [1.54, 1.807) is 7.11 Å². The number of hydrogen-bond acceptors (Lipinski definition) is 4. The SMILES string of the molecule is COc1cccc2c1nc(-c1ccccc1)n2-c1ccc2ccc3cccnc3c2n1. The van der Waals surface area contributed by atoms with Gasteiger partial charge in [-0.15, -0.1) is 0 Å². The molecular formula is C26H18N4O. The monoisotopic (exact) mass is 402 g/mol. The summed E-state index contributed by atoms with van der Waals surface area (Å²) in [5.41, 5.74) is 4.53. The lowest BCUT2D eigenvalue weighted by molar-refractivity contribution is 0.419. The summed E-state index contributed by atoms with van der Waals surface area (Å²) in [6.45, 7) is 0. The number of pyridine rings is 2. The lowest BCUT2D eigenvalue weighted by Gasteiger charge is -2.11. The molecule has 5 heteroatoms. The Morgan fingerprint density at radius 1 is 0.677 bits per heavy atom. The number of nitrogens with zero attached hydrogens (tertiary/aromatic N) is 4. The molecule has 0 saturated heterocycles. The molecule has 0 N–H and O–H groups in total. The van der Waals surface area contributed by atoms with Gasteiger partial charge in [0, 0.05) is 22.5 Å². The number of imidazole rings is 1. The van der Waals surface area contributed by atoms with E-state index in [2.05, 4.69) is 45.9 Å². The molecule has 148 valence electrons. The van der Waals surface area contributed by atoms with E-state index in [9.17, 15) is 0 Å². The first-order valence-corrected chi connectivity index (χ1v) is 10.1. The Labute approximate surface area is 178 Å². The topological polar surface area (TPSA) is 52.8 Å². The van der Waals surface area contributed by atoms with Crippen LogP contribution in [0.25, 0.3) is 50.0 Å². The first-order valence-electron chi connectivity index (χ1n) is 10.1. The lowest BCUT2D eigenvalue weighted by Crippen LogP contribution is -2.01. The molecule has 0 aliphatic rings. The Balaban J connectivity index is 1.71. The second-order valence-electron chi connectivity index (χ2n) is 7.35. The lowest BCUT2D eigenvalue weighted by atomic mass is 10.1. The standard InChI is InChI=1S/C26H18N4O/c1-31-21-11-5-10-20-25(21)29-26(19-7-3-2-4-8-19)30(20)22-15-14-18-13-12-17-9-6-16-27-23(17)24(18)28-22/h2-16H,1H3. The van der Waals surface area contributed by atoms with Gasteiger partial charge in [-0.3, -0.25) is 9.55 Å². The van der Waals surface area contributed by atoms with E-state index in [0.29, 0.717) is 0 Å². The number of methoxy groups -OCH3 is 1. The summed E-state index contributed by atoms with van der Waals surface area (Å²) in [6, 6.07) is 28.4. The van der Waals surface area contributed by atoms with Crippen LogP contribution in [0.2, 0.25) is 0 Å². The van der Waals surface area contributed by atoms with Crippen molar-refractivity contribution in [2.24, 2.45) is 0 Å². The number of fused-ring (bicyclic) bond motifs is 4. The molecule has 0 amide bonds. The average Bonchev–Trinajstić information content (AvgIpc) is 3.24. The van der Waals surface area contributed by atoms with Gasteiger partial charge < -0.3 is 4.74 Å². The van der Waals surface area contributed by atoms with Gasteiger partial charge in [0.2, 0.25) is 0 Å². The van der Waals surface area contributed by atoms with E-state index in [4.69, 9.17) is 14.7 Å². The minimum absolute atomic E-state index is 0.737. The van der Waals surface area contributed by atoms with Crippen molar-refractivity contribution in [3.05, 3.63) is 91.1 Å². The van der Waals surface area contributed by atoms with Crippen LogP contribution >= 0.6 is 0 Å². The van der Waals surface area contributed by atoms with Crippen molar-refractivity contribution in [2.45, 2.75) is 0 Å². The van der Waals surface area contributed by atoms with Gasteiger partial charge in [0.25, 0.3) is 0 Å². The van der Waals surface area contributed by atoms with Crippen molar-refractivity contribution in [3.8, 4) is 23.0 Å². The summed E-state index contributed by atoms with van der Waals surface area (Å²) in [4.78, 5) is 14.6. The normalized spacial score (nSPS) is 11.4. The maximum Gasteiger partial charge on any atom is 0.147 e. The van der Waals surface area contributed by atoms with E-state index in [-0.39, 0.29) is 0 Å². The molecule has 0 aliphatic heterocycles. The van der Waals surface area contributed by atoms with Crippen molar-refractivity contribution >= 4 is 32.8 Å². The van der Waals surface area contributed by atoms with Crippen LogP contribution in [0.3, 0.4) is 0 Å². The fourth-order valence-electron chi connectivity index (χ4n) is 4.09. The van der Waals surface area contributed by atoms with Crippen LogP contribution in [0.15, 0.2) is 91.1 Å². The summed E-state index contributed by atoms with van der Waals surface area (Å²) >= 11 is 0. The van der Waals surface area contributed by atoms with Crippen molar-refractivity contribution in [1.82, 2.24) is 19.5 Å². The van der Waals surface area contributed by atoms with Gasteiger partial charge in [-0.05, 0) is 30.3 Å². The van der Waals surface area contributed by atoms with Gasteiger partial charge in [-0.25, -0.2) is 9.97 Å². The molecule has 0 aliphatic carbocycles. The summed E-state index contributed by atoms with van der Waals surface area (Å²) in [6.07, 6.45) is 1.81. The minimum Gasteiger partial charge on any atom is -0.494 e. The molecule has 6 aromatic rings. The number of para-hydroxylation sites is 1. The molecule has 31 heavy (non-hydrogen) atoms. The summed E-state index contributed by atoms with van der Waals surface area (Å²) in [7, 11) is 1.67. The Morgan fingerprint density at radius 2 is 1.48 bits per heavy atom. The van der Waals surface area contributed by atoms with Crippen LogP contribution in [0.5, 0.6) is 5.75 Å². The quantitative estimate of drug-likeness (QED) is 0.351. The van der Waals surface area contributed by atoms with Crippen LogP contribution in [-0.2, 0) is 0 Å². The van der Waals surface area contributed by atoms with E-state index < -0.39 is 0 Å². The molecule has 0 atom stereocenters. The molecule has 0 radical (unpaired) electrons. The van der Waals surface area contributed by atoms with E-state index in [1.165, 1.54) is 0 Å². The molecule has 3 heterocycles. The van der Waals surface area contributed by atoms with Crippen LogP contribution < -0.4 is 4.74 Å². The smallest absolute Gasteiger partial charge is 0.147 e. The Morgan fingerprint density at radius 3 is 2.32 bits per heavy atom. The van der Waals surface area contributed by atoms with Gasteiger partial charge in [0.15, 0.2) is 0 Å². The maximum absolute atomic E-state index is 5.59. The number of benzene rings is 3. The van der Waals surface area contributed by atoms with Crippen LogP contribution in [-0.4, -0.2) is 26.6 Å².